The first-order valence-corrected chi connectivity index (χ1v) is 19.1. The van der Waals surface area contributed by atoms with Gasteiger partial charge in [0.1, 0.15) is 24.2 Å². The van der Waals surface area contributed by atoms with Crippen LogP contribution in [0.4, 0.5) is 4.79 Å². The summed E-state index contributed by atoms with van der Waals surface area (Å²) in [5.41, 5.74) is 1.74. The number of benzene rings is 2. The van der Waals surface area contributed by atoms with E-state index < -0.39 is 35.5 Å². The number of carbonyl (C=O) groups is 4. The highest BCUT2D eigenvalue weighted by Crippen LogP contribution is 2.38. The normalized spacial score (nSPS) is 19.8. The zero-order valence-electron chi connectivity index (χ0n) is 30.4. The second-order valence-corrected chi connectivity index (χ2v) is 15.2. The summed E-state index contributed by atoms with van der Waals surface area (Å²) < 4.78 is 10.9. The number of aromatic nitrogens is 1. The Balaban J connectivity index is 1.43. The number of rotatable bonds is 14. The lowest BCUT2D eigenvalue weighted by atomic mass is 9.78. The molecule has 3 aromatic rings. The minimum Gasteiger partial charge on any atom is -0.445 e. The third-order valence-electron chi connectivity index (χ3n) is 10.8. The molecule has 13 heteroatoms. The van der Waals surface area contributed by atoms with Gasteiger partial charge in [-0.05, 0) is 66.7 Å². The largest absolute Gasteiger partial charge is 0.445 e. The molecule has 2 aromatic carbocycles. The molecule has 1 fully saturated rings. The number of ether oxygens (including phenoxy) is 2. The Kier molecular flexibility index (Phi) is 13.5. The summed E-state index contributed by atoms with van der Waals surface area (Å²) in [5.74, 6) is -1.45. The molecule has 4 amide bonds. The van der Waals surface area contributed by atoms with Crippen LogP contribution < -0.4 is 21.3 Å². The lowest BCUT2D eigenvalue weighted by Crippen LogP contribution is -2.67. The number of amides is 4. The van der Waals surface area contributed by atoms with Gasteiger partial charge in [0.15, 0.2) is 0 Å². The van der Waals surface area contributed by atoms with Crippen LogP contribution in [0.2, 0.25) is 10.0 Å². The number of hydrogen-bond acceptors (Lipinski definition) is 6. The predicted molar refractivity (Wildman–Crippen MR) is 202 cm³/mol. The number of hydrogen-bond donors (Lipinski definition) is 5. The van der Waals surface area contributed by atoms with Crippen molar-refractivity contribution >= 4 is 57.9 Å². The standard InChI is InChI=1S/C39H51Cl2N5O6/c1-5-23(3)32(35(47)42-21-25-13-16-51-17-14-25)44-37(49)39(15-12-31-29(20-39)28-18-27(40)19-30(41)34(28)43-31)46-36(48)33(24(4)6-2)45-38(50)52-22-26-10-8-7-9-11-26/h7-11,18-19,23-25,32-33,43H,5-6,12-17,20-22H2,1-4H3,(H,42,47)(H,44,49)(H,45,50)(H,46,48)/t23?,24?,32-,33-,39-/m0/s1. The van der Waals surface area contributed by atoms with Crippen LogP contribution in [0.15, 0.2) is 42.5 Å². The maximum atomic E-state index is 14.7. The van der Waals surface area contributed by atoms with E-state index in [2.05, 4.69) is 26.3 Å². The van der Waals surface area contributed by atoms with Gasteiger partial charge in [-0.1, -0.05) is 94.1 Å². The third-order valence-corrected chi connectivity index (χ3v) is 11.3. The molecule has 11 nitrogen and oxygen atoms in total. The molecule has 282 valence electrons. The summed E-state index contributed by atoms with van der Waals surface area (Å²) in [4.78, 5) is 59.2. The molecule has 1 aromatic heterocycles. The summed E-state index contributed by atoms with van der Waals surface area (Å²) in [7, 11) is 0. The van der Waals surface area contributed by atoms with Crippen molar-refractivity contribution in [3.8, 4) is 0 Å². The molecular weight excluding hydrogens is 705 g/mol. The zero-order valence-corrected chi connectivity index (χ0v) is 31.9. The first kappa shape index (κ1) is 39.4. The molecule has 0 spiro atoms. The quantitative estimate of drug-likeness (QED) is 0.132. The second-order valence-electron chi connectivity index (χ2n) is 14.3. The molecular formula is C39H51Cl2N5O6. The fourth-order valence-electron chi connectivity index (χ4n) is 7.02. The Morgan fingerprint density at radius 2 is 1.63 bits per heavy atom. The van der Waals surface area contributed by atoms with Gasteiger partial charge in [-0.15, -0.1) is 0 Å². The predicted octanol–water partition coefficient (Wildman–Crippen LogP) is 6.23. The van der Waals surface area contributed by atoms with Crippen molar-refractivity contribution in [3.05, 3.63) is 69.3 Å². The molecule has 0 saturated carbocycles. The van der Waals surface area contributed by atoms with E-state index in [-0.39, 0.29) is 37.2 Å². The van der Waals surface area contributed by atoms with Crippen molar-refractivity contribution < 1.29 is 28.7 Å². The molecule has 1 aliphatic heterocycles. The molecule has 0 bridgehead atoms. The molecule has 5 rings (SSSR count). The van der Waals surface area contributed by atoms with Crippen LogP contribution in [0, 0.1) is 17.8 Å². The van der Waals surface area contributed by atoms with Crippen molar-refractivity contribution in [1.29, 1.82) is 0 Å². The third kappa shape index (κ3) is 9.40. The SMILES string of the molecule is CCC(C)[C@H](NC(=O)OCc1ccccc1)C(=O)N[C@@]1(C(=O)N[C@H](C(=O)NCC2CCOCC2)C(C)CC)CCc2[nH]c3c(Cl)cc(Cl)cc3c2C1. The maximum Gasteiger partial charge on any atom is 0.408 e. The highest BCUT2D eigenvalue weighted by atomic mass is 35.5. The van der Waals surface area contributed by atoms with E-state index in [4.69, 9.17) is 32.7 Å². The number of H-pyrrole nitrogens is 1. The van der Waals surface area contributed by atoms with E-state index in [9.17, 15) is 19.2 Å². The molecule has 1 aliphatic carbocycles. The van der Waals surface area contributed by atoms with Gasteiger partial charge >= 0.3 is 6.09 Å². The Bertz CT molecular complexity index is 1730. The lowest BCUT2D eigenvalue weighted by molar-refractivity contribution is -0.138. The monoisotopic (exact) mass is 755 g/mol. The number of aromatic amines is 1. The number of nitrogens with one attached hydrogen (secondary N) is 5. The highest BCUT2D eigenvalue weighted by Gasteiger charge is 2.47. The average Bonchev–Trinajstić information content (AvgIpc) is 3.51. The van der Waals surface area contributed by atoms with Crippen LogP contribution in [-0.2, 0) is 43.3 Å². The average molecular weight is 757 g/mol. The summed E-state index contributed by atoms with van der Waals surface area (Å²) in [6.07, 6.45) is 2.96. The van der Waals surface area contributed by atoms with Crippen molar-refractivity contribution in [1.82, 2.24) is 26.3 Å². The van der Waals surface area contributed by atoms with E-state index >= 15 is 0 Å². The summed E-state index contributed by atoms with van der Waals surface area (Å²) in [6, 6.07) is 10.9. The van der Waals surface area contributed by atoms with Gasteiger partial charge in [0.25, 0.3) is 0 Å². The Morgan fingerprint density at radius 3 is 2.31 bits per heavy atom. The maximum absolute atomic E-state index is 14.7. The van der Waals surface area contributed by atoms with Crippen molar-refractivity contribution in [3.63, 3.8) is 0 Å². The molecule has 2 unspecified atom stereocenters. The van der Waals surface area contributed by atoms with Gasteiger partial charge < -0.3 is 35.7 Å². The Morgan fingerprint density at radius 1 is 0.962 bits per heavy atom. The smallest absolute Gasteiger partial charge is 0.408 e. The van der Waals surface area contributed by atoms with E-state index in [1.54, 1.807) is 12.1 Å². The van der Waals surface area contributed by atoms with Gasteiger partial charge in [0.2, 0.25) is 17.7 Å². The van der Waals surface area contributed by atoms with Crippen LogP contribution in [0.5, 0.6) is 0 Å². The van der Waals surface area contributed by atoms with Gasteiger partial charge in [-0.25, -0.2) is 4.79 Å². The Hall–Kier alpha value is -3.80. The van der Waals surface area contributed by atoms with Crippen molar-refractivity contribution in [2.24, 2.45) is 17.8 Å². The lowest BCUT2D eigenvalue weighted by Gasteiger charge is -2.39. The fraction of sp³-hybridized carbons (Fsp3) is 0.538. The first-order valence-electron chi connectivity index (χ1n) is 18.4. The first-order chi connectivity index (χ1) is 24.9. The molecule has 0 radical (unpaired) electrons. The molecule has 5 N–H and O–H groups in total. The van der Waals surface area contributed by atoms with Crippen LogP contribution in [0.3, 0.4) is 0 Å². The number of aryl methyl sites for hydroxylation is 1. The van der Waals surface area contributed by atoms with Gasteiger partial charge in [0, 0.05) is 42.3 Å². The van der Waals surface area contributed by atoms with E-state index in [0.29, 0.717) is 60.5 Å². The van der Waals surface area contributed by atoms with Gasteiger partial charge in [0.05, 0.1) is 10.5 Å². The highest BCUT2D eigenvalue weighted by molar-refractivity contribution is 6.38. The van der Waals surface area contributed by atoms with E-state index in [1.807, 2.05) is 58.0 Å². The number of carbonyl (C=O) groups excluding carboxylic acids is 4. The molecule has 2 heterocycles. The van der Waals surface area contributed by atoms with Crippen molar-refractivity contribution in [2.75, 3.05) is 19.8 Å². The summed E-state index contributed by atoms with van der Waals surface area (Å²) >= 11 is 13.0. The summed E-state index contributed by atoms with van der Waals surface area (Å²) in [6.45, 7) is 9.54. The molecule has 1 saturated heterocycles. The van der Waals surface area contributed by atoms with Crippen LogP contribution >= 0.6 is 23.2 Å². The Labute approximate surface area is 315 Å². The molecule has 52 heavy (non-hydrogen) atoms. The second kappa shape index (κ2) is 17.8. The topological polar surface area (TPSA) is 151 Å². The van der Waals surface area contributed by atoms with Gasteiger partial charge in [-0.3, -0.25) is 14.4 Å². The van der Waals surface area contributed by atoms with E-state index in [0.717, 1.165) is 35.0 Å². The minimum atomic E-state index is -1.47. The number of alkyl carbamates (subject to hydrolysis) is 1. The minimum absolute atomic E-state index is 0.0376. The van der Waals surface area contributed by atoms with Crippen LogP contribution in [-0.4, -0.2) is 66.2 Å². The number of fused-ring (bicyclic) bond motifs is 3. The molecule has 5 atom stereocenters. The molecule has 2 aliphatic rings. The van der Waals surface area contributed by atoms with E-state index in [1.165, 1.54) is 0 Å². The van der Waals surface area contributed by atoms with Crippen molar-refractivity contribution in [2.45, 2.75) is 96.9 Å². The fourth-order valence-corrected chi connectivity index (χ4v) is 7.56. The number of halogens is 2. The summed E-state index contributed by atoms with van der Waals surface area (Å²) in [5, 5.41) is 13.6. The van der Waals surface area contributed by atoms with Gasteiger partial charge in [-0.2, -0.15) is 0 Å². The van der Waals surface area contributed by atoms with Crippen LogP contribution in [0.25, 0.3) is 10.9 Å². The van der Waals surface area contributed by atoms with Crippen LogP contribution in [0.1, 0.15) is 76.6 Å². The zero-order chi connectivity index (χ0) is 37.4.